The molecule has 1 atom stereocenters. The van der Waals surface area contributed by atoms with Gasteiger partial charge in [0.2, 0.25) is 0 Å². The van der Waals surface area contributed by atoms with E-state index in [-0.39, 0.29) is 6.04 Å². The zero-order valence-corrected chi connectivity index (χ0v) is 13.8. The maximum absolute atomic E-state index is 11.6. The molecule has 0 aromatic carbocycles. The Morgan fingerprint density at radius 2 is 2.00 bits per heavy atom. The first-order valence-electron chi connectivity index (χ1n) is 7.79. The van der Waals surface area contributed by atoms with Crippen LogP contribution in [0.25, 0.3) is 11.2 Å². The maximum Gasteiger partial charge on any atom is 0.252 e. The van der Waals surface area contributed by atoms with Gasteiger partial charge in [-0.3, -0.25) is 4.90 Å². The Balaban J connectivity index is 1.49. The van der Waals surface area contributed by atoms with Gasteiger partial charge in [-0.1, -0.05) is 0 Å². The second kappa shape index (κ2) is 5.41. The Hall–Kier alpha value is -1.74. The van der Waals surface area contributed by atoms with Crippen LogP contribution in [0.15, 0.2) is 10.7 Å². The van der Waals surface area contributed by atoms with Crippen molar-refractivity contribution in [2.75, 3.05) is 42.6 Å². The van der Waals surface area contributed by atoms with E-state index < -0.39 is 9.84 Å². The van der Waals surface area contributed by atoms with Crippen LogP contribution in [0.4, 0.5) is 5.82 Å². The maximum atomic E-state index is 11.6. The molecule has 23 heavy (non-hydrogen) atoms. The Morgan fingerprint density at radius 1 is 1.22 bits per heavy atom. The number of hydrogen-bond donors (Lipinski definition) is 0. The third-order valence-corrected chi connectivity index (χ3v) is 6.37. The lowest BCUT2D eigenvalue weighted by Gasteiger charge is -2.38. The molecule has 4 rings (SSSR count). The zero-order chi connectivity index (χ0) is 16.0. The van der Waals surface area contributed by atoms with Gasteiger partial charge in [0.1, 0.15) is 6.33 Å². The summed E-state index contributed by atoms with van der Waals surface area (Å²) in [6, 6.07) is 0.168. The predicted octanol–water partition coefficient (Wildman–Crippen LogP) is 0.235. The monoisotopic (exact) mass is 337 g/mol. The standard InChI is InChI=1S/C14H19N5O3S/c1-10-17-12-13(15-9-16-14(12)22-10)19-5-3-18(4-6-19)11-2-7-23(20,21)8-11/h9,11H,2-8H2,1H3. The van der Waals surface area contributed by atoms with Crippen LogP contribution < -0.4 is 4.90 Å². The largest absolute Gasteiger partial charge is 0.422 e. The summed E-state index contributed by atoms with van der Waals surface area (Å²) in [6.45, 7) is 5.07. The highest BCUT2D eigenvalue weighted by Crippen LogP contribution is 2.25. The number of piperazine rings is 1. The van der Waals surface area contributed by atoms with E-state index >= 15 is 0 Å². The molecule has 0 saturated carbocycles. The summed E-state index contributed by atoms with van der Waals surface area (Å²) in [5.41, 5.74) is 1.21. The van der Waals surface area contributed by atoms with Gasteiger partial charge in [0.05, 0.1) is 11.5 Å². The van der Waals surface area contributed by atoms with E-state index in [9.17, 15) is 8.42 Å². The molecule has 0 bridgehead atoms. The van der Waals surface area contributed by atoms with E-state index in [1.165, 1.54) is 6.33 Å². The molecular weight excluding hydrogens is 318 g/mol. The molecule has 0 N–H and O–H groups in total. The minimum Gasteiger partial charge on any atom is -0.422 e. The van der Waals surface area contributed by atoms with E-state index in [0.717, 1.165) is 38.4 Å². The molecule has 4 heterocycles. The molecule has 2 fully saturated rings. The number of anilines is 1. The Bertz CT molecular complexity index is 826. The van der Waals surface area contributed by atoms with Crippen LogP contribution in [0.5, 0.6) is 0 Å². The van der Waals surface area contributed by atoms with Gasteiger partial charge in [0.15, 0.2) is 27.1 Å². The lowest BCUT2D eigenvalue weighted by atomic mass is 10.2. The van der Waals surface area contributed by atoms with Crippen molar-refractivity contribution in [1.29, 1.82) is 0 Å². The fourth-order valence-corrected chi connectivity index (χ4v) is 5.20. The van der Waals surface area contributed by atoms with Gasteiger partial charge in [0, 0.05) is 39.1 Å². The van der Waals surface area contributed by atoms with Crippen LogP contribution in [-0.4, -0.2) is 72.0 Å². The number of sulfone groups is 1. The minimum absolute atomic E-state index is 0.168. The molecule has 124 valence electrons. The highest BCUT2D eigenvalue weighted by molar-refractivity contribution is 7.91. The zero-order valence-electron chi connectivity index (χ0n) is 13.0. The summed E-state index contributed by atoms with van der Waals surface area (Å²) in [4.78, 5) is 17.3. The average molecular weight is 337 g/mol. The molecule has 9 heteroatoms. The smallest absolute Gasteiger partial charge is 0.252 e. The Morgan fingerprint density at radius 3 is 2.70 bits per heavy atom. The van der Waals surface area contributed by atoms with Crippen molar-refractivity contribution in [2.24, 2.45) is 0 Å². The molecule has 0 spiro atoms. The van der Waals surface area contributed by atoms with Gasteiger partial charge < -0.3 is 9.32 Å². The molecule has 0 amide bonds. The Kier molecular flexibility index (Phi) is 3.49. The van der Waals surface area contributed by atoms with E-state index in [2.05, 4.69) is 24.8 Å². The lowest BCUT2D eigenvalue weighted by molar-refractivity contribution is 0.200. The van der Waals surface area contributed by atoms with Crippen molar-refractivity contribution in [3.63, 3.8) is 0 Å². The van der Waals surface area contributed by atoms with Crippen LogP contribution in [-0.2, 0) is 9.84 Å². The van der Waals surface area contributed by atoms with Gasteiger partial charge >= 0.3 is 0 Å². The highest BCUT2D eigenvalue weighted by Gasteiger charge is 2.34. The summed E-state index contributed by atoms with van der Waals surface area (Å²) in [7, 11) is -2.83. The lowest BCUT2D eigenvalue weighted by Crippen LogP contribution is -2.51. The third kappa shape index (κ3) is 2.78. The van der Waals surface area contributed by atoms with Crippen molar-refractivity contribution in [3.8, 4) is 0 Å². The van der Waals surface area contributed by atoms with Crippen LogP contribution in [0.1, 0.15) is 12.3 Å². The van der Waals surface area contributed by atoms with Crippen molar-refractivity contribution < 1.29 is 12.8 Å². The normalized spacial score (nSPS) is 25.3. The van der Waals surface area contributed by atoms with Crippen molar-refractivity contribution in [2.45, 2.75) is 19.4 Å². The van der Waals surface area contributed by atoms with Crippen molar-refractivity contribution in [3.05, 3.63) is 12.2 Å². The van der Waals surface area contributed by atoms with Gasteiger partial charge in [0.25, 0.3) is 5.71 Å². The van der Waals surface area contributed by atoms with Gasteiger partial charge in [-0.05, 0) is 6.42 Å². The number of aromatic nitrogens is 3. The van der Waals surface area contributed by atoms with Gasteiger partial charge in [-0.15, -0.1) is 0 Å². The number of fused-ring (bicyclic) bond motifs is 1. The number of nitrogens with zero attached hydrogens (tertiary/aromatic N) is 5. The first kappa shape index (κ1) is 14.8. The number of hydrogen-bond acceptors (Lipinski definition) is 8. The second-order valence-corrected chi connectivity index (χ2v) is 8.39. The van der Waals surface area contributed by atoms with E-state index in [1.807, 2.05) is 0 Å². The molecule has 0 radical (unpaired) electrons. The fourth-order valence-electron chi connectivity index (χ4n) is 3.44. The van der Waals surface area contributed by atoms with E-state index in [1.54, 1.807) is 6.92 Å². The SMILES string of the molecule is Cc1nc2c(N3CCN(C4CCS(=O)(=O)C4)CC3)ncnc2o1. The van der Waals surface area contributed by atoms with E-state index in [0.29, 0.717) is 28.6 Å². The molecular formula is C14H19N5O3S. The average Bonchev–Trinajstić information content (AvgIpc) is 3.08. The first-order valence-corrected chi connectivity index (χ1v) is 9.61. The van der Waals surface area contributed by atoms with Gasteiger partial charge in [-0.25, -0.2) is 18.4 Å². The molecule has 2 aromatic heterocycles. The van der Waals surface area contributed by atoms with Crippen LogP contribution in [0, 0.1) is 6.92 Å². The molecule has 1 unspecified atom stereocenters. The third-order valence-electron chi connectivity index (χ3n) is 4.62. The topological polar surface area (TPSA) is 92.4 Å². The summed E-state index contributed by atoms with van der Waals surface area (Å²) in [5.74, 6) is 2.00. The predicted molar refractivity (Wildman–Crippen MR) is 85.2 cm³/mol. The summed E-state index contributed by atoms with van der Waals surface area (Å²) in [6.07, 6.45) is 2.25. The fraction of sp³-hybridized carbons (Fsp3) is 0.643. The molecule has 0 aliphatic carbocycles. The van der Waals surface area contributed by atoms with Crippen LogP contribution in [0.2, 0.25) is 0 Å². The summed E-state index contributed by atoms with van der Waals surface area (Å²) in [5, 5.41) is 0. The molecule has 8 nitrogen and oxygen atoms in total. The molecule has 2 saturated heterocycles. The van der Waals surface area contributed by atoms with Crippen LogP contribution >= 0.6 is 0 Å². The van der Waals surface area contributed by atoms with Crippen LogP contribution in [0.3, 0.4) is 0 Å². The number of oxazole rings is 1. The van der Waals surface area contributed by atoms with Crippen molar-refractivity contribution in [1.82, 2.24) is 19.9 Å². The molecule has 2 aliphatic rings. The number of aryl methyl sites for hydroxylation is 1. The summed E-state index contributed by atoms with van der Waals surface area (Å²) < 4.78 is 28.7. The molecule has 2 aliphatic heterocycles. The van der Waals surface area contributed by atoms with Crippen molar-refractivity contribution >= 4 is 26.9 Å². The summed E-state index contributed by atoms with van der Waals surface area (Å²) >= 11 is 0. The van der Waals surface area contributed by atoms with Gasteiger partial charge in [-0.2, -0.15) is 4.98 Å². The van der Waals surface area contributed by atoms with E-state index in [4.69, 9.17) is 4.42 Å². The minimum atomic E-state index is -2.83. The molecule has 2 aromatic rings. The second-order valence-electron chi connectivity index (χ2n) is 6.16. The quantitative estimate of drug-likeness (QED) is 0.769. The highest BCUT2D eigenvalue weighted by atomic mass is 32.2. The first-order chi connectivity index (χ1) is 11.0. The Labute approximate surface area is 134 Å². The number of rotatable bonds is 2.